The third-order valence-corrected chi connectivity index (χ3v) is 4.83. The topological polar surface area (TPSA) is 78.4 Å². The van der Waals surface area contributed by atoms with Crippen molar-refractivity contribution < 1.29 is 9.59 Å². The van der Waals surface area contributed by atoms with Crippen molar-refractivity contribution in [3.05, 3.63) is 24.3 Å². The summed E-state index contributed by atoms with van der Waals surface area (Å²) in [6.45, 7) is 2.87. The van der Waals surface area contributed by atoms with E-state index < -0.39 is 5.54 Å². The fourth-order valence-corrected chi connectivity index (χ4v) is 3.71. The molecule has 2 amide bonds. The average molecular weight is 317 g/mol. The molecule has 7 nitrogen and oxygen atoms in total. The van der Waals surface area contributed by atoms with Crippen LogP contribution < -0.4 is 5.32 Å². The number of aromatic nitrogens is 2. The molecule has 3 rings (SSSR count). The summed E-state index contributed by atoms with van der Waals surface area (Å²) < 4.78 is 0. The van der Waals surface area contributed by atoms with Gasteiger partial charge >= 0.3 is 0 Å². The molecule has 2 fully saturated rings. The number of carbonyl (C=O) groups is 2. The molecular formula is C16H23N5O2. The van der Waals surface area contributed by atoms with Crippen LogP contribution in [0.4, 0.5) is 0 Å². The number of likely N-dealkylation sites (N-methyl/N-ethyl adjacent to an activating group) is 1. The van der Waals surface area contributed by atoms with Gasteiger partial charge in [-0.15, -0.1) is 0 Å². The van der Waals surface area contributed by atoms with Gasteiger partial charge in [-0.3, -0.25) is 24.5 Å². The molecule has 2 aliphatic rings. The third-order valence-electron chi connectivity index (χ3n) is 4.83. The number of nitrogens with zero attached hydrogens (tertiary/aromatic N) is 4. The van der Waals surface area contributed by atoms with Crippen LogP contribution in [0.1, 0.15) is 31.4 Å². The Balaban J connectivity index is 1.90. The minimum absolute atomic E-state index is 0.00125. The van der Waals surface area contributed by atoms with Crippen LogP contribution in [0.25, 0.3) is 0 Å². The Kier molecular flexibility index (Phi) is 4.56. The molecule has 0 aromatic carbocycles. The van der Waals surface area contributed by atoms with E-state index in [4.69, 9.17) is 0 Å². The molecule has 2 aliphatic heterocycles. The minimum Gasteiger partial charge on any atom is -0.357 e. The number of likely N-dealkylation sites (tertiary alicyclic amines) is 2. The molecule has 0 aliphatic carbocycles. The Labute approximate surface area is 136 Å². The van der Waals surface area contributed by atoms with E-state index in [9.17, 15) is 9.59 Å². The number of carbonyl (C=O) groups excluding carboxylic acids is 2. The maximum atomic E-state index is 12.9. The van der Waals surface area contributed by atoms with E-state index in [-0.39, 0.29) is 11.8 Å². The fraction of sp³-hybridized carbons (Fsp3) is 0.625. The lowest BCUT2D eigenvalue weighted by molar-refractivity contribution is -0.146. The molecule has 1 aromatic heterocycles. The predicted molar refractivity (Wildman–Crippen MR) is 84.4 cm³/mol. The second kappa shape index (κ2) is 6.62. The lowest BCUT2D eigenvalue weighted by atomic mass is 9.90. The number of hydrogen-bond donors (Lipinski definition) is 1. The van der Waals surface area contributed by atoms with Crippen LogP contribution in [0.15, 0.2) is 18.6 Å². The number of rotatable bonds is 4. The summed E-state index contributed by atoms with van der Waals surface area (Å²) >= 11 is 0. The van der Waals surface area contributed by atoms with Crippen molar-refractivity contribution in [2.24, 2.45) is 0 Å². The van der Waals surface area contributed by atoms with Crippen molar-refractivity contribution in [2.75, 3.05) is 33.2 Å². The molecule has 7 heteroatoms. The molecule has 2 saturated heterocycles. The molecule has 0 spiro atoms. The monoisotopic (exact) mass is 317 g/mol. The first-order valence-corrected chi connectivity index (χ1v) is 8.20. The van der Waals surface area contributed by atoms with Gasteiger partial charge in [0.2, 0.25) is 5.91 Å². The Hall–Kier alpha value is -2.02. The van der Waals surface area contributed by atoms with Gasteiger partial charge in [0.1, 0.15) is 0 Å². The third kappa shape index (κ3) is 2.81. The first-order chi connectivity index (χ1) is 11.2. The molecule has 1 atom stereocenters. The van der Waals surface area contributed by atoms with E-state index in [0.717, 1.165) is 32.4 Å². The van der Waals surface area contributed by atoms with Crippen molar-refractivity contribution in [1.29, 1.82) is 0 Å². The van der Waals surface area contributed by atoms with E-state index >= 15 is 0 Å². The van der Waals surface area contributed by atoms with Crippen LogP contribution in [-0.4, -0.2) is 64.8 Å². The summed E-state index contributed by atoms with van der Waals surface area (Å²) in [7, 11) is 1.60. The maximum absolute atomic E-state index is 12.9. The molecule has 0 radical (unpaired) electrons. The van der Waals surface area contributed by atoms with Crippen molar-refractivity contribution in [1.82, 2.24) is 25.1 Å². The molecule has 1 N–H and O–H groups in total. The van der Waals surface area contributed by atoms with Crippen molar-refractivity contribution >= 4 is 11.8 Å². The highest BCUT2D eigenvalue weighted by Crippen LogP contribution is 2.38. The van der Waals surface area contributed by atoms with E-state index in [1.807, 2.05) is 0 Å². The molecule has 0 saturated carbocycles. The summed E-state index contributed by atoms with van der Waals surface area (Å²) in [5.41, 5.74) is -0.480. The minimum atomic E-state index is -1.03. The van der Waals surface area contributed by atoms with Gasteiger partial charge in [-0.1, -0.05) is 0 Å². The Morgan fingerprint density at radius 2 is 2.00 bits per heavy atom. The maximum Gasteiger partial charge on any atom is 0.252 e. The fourth-order valence-electron chi connectivity index (χ4n) is 3.71. The summed E-state index contributed by atoms with van der Waals surface area (Å²) in [4.78, 5) is 37.9. The molecule has 3 heterocycles. The standard InChI is InChI=1S/C16H23N5O2/c1-17-15(23)16(13-11-18-6-7-19-13)5-4-10-21(16)14(22)12-20-8-2-3-9-20/h6-7,11H,2-5,8-10,12H2,1H3,(H,17,23)/t16-/m1/s1. The van der Waals surface area contributed by atoms with Gasteiger partial charge in [-0.05, 0) is 38.8 Å². The smallest absolute Gasteiger partial charge is 0.252 e. The molecular weight excluding hydrogens is 294 g/mol. The predicted octanol–water partition coefficient (Wildman–Crippen LogP) is 0.136. The SMILES string of the molecule is CNC(=O)[C@]1(c2cnccn2)CCCN1C(=O)CN1CCCC1. The van der Waals surface area contributed by atoms with Gasteiger partial charge in [0.15, 0.2) is 5.54 Å². The van der Waals surface area contributed by atoms with Gasteiger partial charge in [-0.25, -0.2) is 0 Å². The largest absolute Gasteiger partial charge is 0.357 e. The van der Waals surface area contributed by atoms with Gasteiger partial charge in [0, 0.05) is 26.0 Å². The molecule has 0 bridgehead atoms. The average Bonchev–Trinajstić information content (AvgIpc) is 3.24. The zero-order chi connectivity index (χ0) is 16.3. The Bertz CT molecular complexity index is 573. The first kappa shape index (κ1) is 15.9. The van der Waals surface area contributed by atoms with E-state index in [2.05, 4.69) is 20.2 Å². The molecule has 124 valence electrons. The lowest BCUT2D eigenvalue weighted by Gasteiger charge is -2.36. The zero-order valence-electron chi connectivity index (χ0n) is 13.5. The Morgan fingerprint density at radius 3 is 2.65 bits per heavy atom. The van der Waals surface area contributed by atoms with Gasteiger partial charge in [-0.2, -0.15) is 0 Å². The van der Waals surface area contributed by atoms with Crippen LogP contribution in [0.5, 0.6) is 0 Å². The Morgan fingerprint density at radius 1 is 1.22 bits per heavy atom. The highest BCUT2D eigenvalue weighted by Gasteiger charge is 2.52. The van der Waals surface area contributed by atoms with Gasteiger partial charge in [0.05, 0.1) is 18.4 Å². The summed E-state index contributed by atoms with van der Waals surface area (Å²) in [5.74, 6) is -0.191. The lowest BCUT2D eigenvalue weighted by Crippen LogP contribution is -2.56. The van der Waals surface area contributed by atoms with Crippen molar-refractivity contribution in [2.45, 2.75) is 31.2 Å². The normalized spacial score (nSPS) is 24.8. The van der Waals surface area contributed by atoms with Crippen LogP contribution in [-0.2, 0) is 15.1 Å². The van der Waals surface area contributed by atoms with E-state index in [0.29, 0.717) is 25.2 Å². The first-order valence-electron chi connectivity index (χ1n) is 8.20. The van der Waals surface area contributed by atoms with Crippen molar-refractivity contribution in [3.63, 3.8) is 0 Å². The quantitative estimate of drug-likeness (QED) is 0.854. The zero-order valence-corrected chi connectivity index (χ0v) is 13.5. The highest BCUT2D eigenvalue weighted by molar-refractivity contribution is 5.93. The molecule has 23 heavy (non-hydrogen) atoms. The second-order valence-corrected chi connectivity index (χ2v) is 6.16. The van der Waals surface area contributed by atoms with Gasteiger partial charge < -0.3 is 10.2 Å². The van der Waals surface area contributed by atoms with Crippen LogP contribution in [0.3, 0.4) is 0 Å². The summed E-state index contributed by atoms with van der Waals surface area (Å²) in [6.07, 6.45) is 8.38. The number of hydrogen-bond acceptors (Lipinski definition) is 5. The number of amides is 2. The summed E-state index contributed by atoms with van der Waals surface area (Å²) in [5, 5.41) is 2.71. The summed E-state index contributed by atoms with van der Waals surface area (Å²) in [6, 6.07) is 0. The van der Waals surface area contributed by atoms with E-state index in [1.54, 1.807) is 30.5 Å². The van der Waals surface area contributed by atoms with Crippen LogP contribution >= 0.6 is 0 Å². The highest BCUT2D eigenvalue weighted by atomic mass is 16.2. The molecule has 0 unspecified atom stereocenters. The number of nitrogens with one attached hydrogen (secondary N) is 1. The van der Waals surface area contributed by atoms with E-state index in [1.165, 1.54) is 0 Å². The molecule has 1 aromatic rings. The van der Waals surface area contributed by atoms with Gasteiger partial charge in [0.25, 0.3) is 5.91 Å². The van der Waals surface area contributed by atoms with Crippen molar-refractivity contribution in [3.8, 4) is 0 Å². The van der Waals surface area contributed by atoms with Crippen LogP contribution in [0.2, 0.25) is 0 Å². The van der Waals surface area contributed by atoms with Crippen LogP contribution in [0, 0.1) is 0 Å². The second-order valence-electron chi connectivity index (χ2n) is 6.16.